The lowest BCUT2D eigenvalue weighted by Crippen LogP contribution is -2.43. The predicted molar refractivity (Wildman–Crippen MR) is 85.5 cm³/mol. The molecule has 4 nitrogen and oxygen atoms in total. The maximum absolute atomic E-state index is 6.22. The Kier molecular flexibility index (Phi) is 4.29. The van der Waals surface area contributed by atoms with E-state index >= 15 is 0 Å². The van der Waals surface area contributed by atoms with E-state index in [1.165, 1.54) is 54.6 Å². The summed E-state index contributed by atoms with van der Waals surface area (Å²) in [5.41, 5.74) is 7.49. The van der Waals surface area contributed by atoms with Crippen LogP contribution in [-0.2, 0) is 6.42 Å². The Morgan fingerprint density at radius 3 is 2.75 bits per heavy atom. The summed E-state index contributed by atoms with van der Waals surface area (Å²) >= 11 is 1.83. The van der Waals surface area contributed by atoms with Crippen molar-refractivity contribution in [2.24, 2.45) is 5.73 Å². The van der Waals surface area contributed by atoms with Gasteiger partial charge < -0.3 is 15.5 Å². The molecule has 1 aliphatic heterocycles. The van der Waals surface area contributed by atoms with Crippen molar-refractivity contribution >= 4 is 16.5 Å². The van der Waals surface area contributed by atoms with Crippen LogP contribution in [0.25, 0.3) is 0 Å². The maximum Gasteiger partial charge on any atom is 0.185 e. The van der Waals surface area contributed by atoms with Crippen LogP contribution in [-0.4, -0.2) is 42.6 Å². The van der Waals surface area contributed by atoms with Crippen molar-refractivity contribution in [3.05, 3.63) is 10.6 Å². The zero-order valence-electron chi connectivity index (χ0n) is 12.6. The van der Waals surface area contributed by atoms with E-state index in [-0.39, 0.29) is 6.04 Å². The highest BCUT2D eigenvalue weighted by Crippen LogP contribution is 2.37. The Morgan fingerprint density at radius 2 is 2.10 bits per heavy atom. The monoisotopic (exact) mass is 294 g/mol. The quantitative estimate of drug-likeness (QED) is 0.930. The lowest BCUT2D eigenvalue weighted by atomic mass is 9.99. The van der Waals surface area contributed by atoms with E-state index < -0.39 is 0 Å². The van der Waals surface area contributed by atoms with Gasteiger partial charge in [-0.05, 0) is 38.6 Å². The van der Waals surface area contributed by atoms with Crippen LogP contribution < -0.4 is 10.6 Å². The van der Waals surface area contributed by atoms with Crippen LogP contribution in [0.3, 0.4) is 0 Å². The van der Waals surface area contributed by atoms with Crippen LogP contribution in [0.1, 0.15) is 49.2 Å². The van der Waals surface area contributed by atoms with E-state index in [0.29, 0.717) is 6.04 Å². The van der Waals surface area contributed by atoms with Gasteiger partial charge in [-0.2, -0.15) is 0 Å². The minimum atomic E-state index is 0.223. The van der Waals surface area contributed by atoms with Crippen molar-refractivity contribution in [2.75, 3.05) is 31.6 Å². The summed E-state index contributed by atoms with van der Waals surface area (Å²) in [6, 6.07) is 0.863. The van der Waals surface area contributed by atoms with Gasteiger partial charge in [-0.1, -0.05) is 18.3 Å². The third-order valence-corrected chi connectivity index (χ3v) is 6.16. The van der Waals surface area contributed by atoms with Gasteiger partial charge in [-0.15, -0.1) is 0 Å². The van der Waals surface area contributed by atoms with Crippen LogP contribution in [0.4, 0.5) is 5.13 Å². The minimum absolute atomic E-state index is 0.223. The molecular weight excluding hydrogens is 268 g/mol. The Bertz CT molecular complexity index is 451. The van der Waals surface area contributed by atoms with Crippen molar-refractivity contribution in [3.8, 4) is 0 Å². The molecule has 0 saturated carbocycles. The van der Waals surface area contributed by atoms with Crippen molar-refractivity contribution in [3.63, 3.8) is 0 Å². The van der Waals surface area contributed by atoms with E-state index in [1.54, 1.807) is 0 Å². The molecular formula is C15H26N4S. The number of anilines is 1. The summed E-state index contributed by atoms with van der Waals surface area (Å²) in [7, 11) is 2.21. The zero-order valence-corrected chi connectivity index (χ0v) is 13.5. The summed E-state index contributed by atoms with van der Waals surface area (Å²) in [4.78, 5) is 11.1. The van der Waals surface area contributed by atoms with Gasteiger partial charge in [-0.3, -0.25) is 0 Å². The summed E-state index contributed by atoms with van der Waals surface area (Å²) in [6.07, 6.45) is 5.92. The van der Waals surface area contributed by atoms with E-state index in [9.17, 15) is 0 Å². The van der Waals surface area contributed by atoms with E-state index in [2.05, 4.69) is 23.8 Å². The lowest BCUT2D eigenvalue weighted by Gasteiger charge is -2.36. The van der Waals surface area contributed by atoms with Crippen LogP contribution >= 0.6 is 11.3 Å². The molecule has 3 rings (SSSR count). The largest absolute Gasteiger partial charge is 0.348 e. The Morgan fingerprint density at radius 1 is 1.35 bits per heavy atom. The van der Waals surface area contributed by atoms with Crippen molar-refractivity contribution in [1.29, 1.82) is 0 Å². The van der Waals surface area contributed by atoms with Gasteiger partial charge in [0, 0.05) is 37.1 Å². The standard InChI is InChI=1S/C15H26N4S/c1-3-19-9-7-11(8-10-19)18(2)15-17-13-6-4-5-12(16)14(13)20-15/h11-12H,3-10,16H2,1-2H3. The van der Waals surface area contributed by atoms with Gasteiger partial charge in [-0.25, -0.2) is 4.98 Å². The number of likely N-dealkylation sites (tertiary alicyclic amines) is 1. The lowest BCUT2D eigenvalue weighted by molar-refractivity contribution is 0.221. The van der Waals surface area contributed by atoms with Crippen LogP contribution in [0.2, 0.25) is 0 Å². The third-order valence-electron chi connectivity index (χ3n) is 4.84. The number of thiazole rings is 1. The number of hydrogen-bond acceptors (Lipinski definition) is 5. The molecule has 0 bridgehead atoms. The second-order valence-corrected chi connectivity index (χ2v) is 7.09. The number of aryl methyl sites for hydroxylation is 1. The summed E-state index contributed by atoms with van der Waals surface area (Å²) in [5.74, 6) is 0. The number of aromatic nitrogens is 1. The fourth-order valence-electron chi connectivity index (χ4n) is 3.37. The first-order chi connectivity index (χ1) is 9.69. The van der Waals surface area contributed by atoms with Gasteiger partial charge in [0.1, 0.15) is 0 Å². The maximum atomic E-state index is 6.22. The molecule has 0 amide bonds. The van der Waals surface area contributed by atoms with Crippen LogP contribution in [0, 0.1) is 0 Å². The number of rotatable bonds is 3. The highest BCUT2D eigenvalue weighted by Gasteiger charge is 2.27. The molecule has 1 saturated heterocycles. The van der Waals surface area contributed by atoms with E-state index in [4.69, 9.17) is 10.7 Å². The minimum Gasteiger partial charge on any atom is -0.348 e. The first kappa shape index (κ1) is 14.3. The highest BCUT2D eigenvalue weighted by atomic mass is 32.1. The molecule has 0 spiro atoms. The third kappa shape index (κ3) is 2.71. The molecule has 1 fully saturated rings. The molecule has 2 heterocycles. The first-order valence-corrected chi connectivity index (χ1v) is 8.71. The average Bonchev–Trinajstić information content (AvgIpc) is 2.92. The number of nitrogens with two attached hydrogens (primary N) is 1. The topological polar surface area (TPSA) is 45.4 Å². The van der Waals surface area contributed by atoms with Gasteiger partial charge in [0.25, 0.3) is 0 Å². The van der Waals surface area contributed by atoms with E-state index in [1.807, 2.05) is 11.3 Å². The molecule has 1 atom stereocenters. The molecule has 0 radical (unpaired) electrons. The SMILES string of the molecule is CCN1CCC(N(C)c2nc3c(s2)C(N)CCC3)CC1. The smallest absolute Gasteiger partial charge is 0.185 e. The fraction of sp³-hybridized carbons (Fsp3) is 0.800. The van der Waals surface area contributed by atoms with Crippen LogP contribution in [0.15, 0.2) is 0 Å². The predicted octanol–water partition coefficient (Wildman–Crippen LogP) is 2.40. The Labute approximate surface area is 126 Å². The molecule has 20 heavy (non-hydrogen) atoms. The van der Waals surface area contributed by atoms with Crippen molar-refractivity contribution < 1.29 is 0 Å². The second-order valence-electron chi connectivity index (χ2n) is 6.08. The van der Waals surface area contributed by atoms with Gasteiger partial charge in [0.2, 0.25) is 0 Å². The summed E-state index contributed by atoms with van der Waals surface area (Å²) in [5, 5.41) is 1.18. The number of nitrogens with zero attached hydrogens (tertiary/aromatic N) is 3. The number of piperidine rings is 1. The molecule has 1 aliphatic carbocycles. The van der Waals surface area contributed by atoms with E-state index in [0.717, 1.165) is 12.8 Å². The molecule has 1 unspecified atom stereocenters. The number of hydrogen-bond donors (Lipinski definition) is 1. The summed E-state index contributed by atoms with van der Waals surface area (Å²) in [6.45, 7) is 5.86. The average molecular weight is 294 g/mol. The normalized spacial score (nSPS) is 24.6. The molecule has 112 valence electrons. The number of fused-ring (bicyclic) bond motifs is 1. The molecule has 1 aromatic heterocycles. The molecule has 2 aliphatic rings. The zero-order chi connectivity index (χ0) is 14.1. The Balaban J connectivity index is 1.70. The molecule has 5 heteroatoms. The molecule has 2 N–H and O–H groups in total. The first-order valence-electron chi connectivity index (χ1n) is 7.89. The second kappa shape index (κ2) is 6.00. The van der Waals surface area contributed by atoms with Crippen molar-refractivity contribution in [2.45, 2.75) is 51.1 Å². The molecule has 1 aromatic rings. The van der Waals surface area contributed by atoms with Crippen molar-refractivity contribution in [1.82, 2.24) is 9.88 Å². The molecule has 0 aromatic carbocycles. The highest BCUT2D eigenvalue weighted by molar-refractivity contribution is 7.15. The van der Waals surface area contributed by atoms with Gasteiger partial charge in [0.15, 0.2) is 5.13 Å². The van der Waals surface area contributed by atoms with Crippen LogP contribution in [0.5, 0.6) is 0 Å². The fourth-order valence-corrected chi connectivity index (χ4v) is 4.55. The summed E-state index contributed by atoms with van der Waals surface area (Å²) < 4.78 is 0. The van der Waals surface area contributed by atoms with Gasteiger partial charge in [0.05, 0.1) is 5.69 Å². The van der Waals surface area contributed by atoms with Gasteiger partial charge >= 0.3 is 0 Å². The Hall–Kier alpha value is -0.650.